The third kappa shape index (κ3) is 2.05. The van der Waals surface area contributed by atoms with Gasteiger partial charge in [0.2, 0.25) is 10.0 Å². The minimum atomic E-state index is -3.32. The average Bonchev–Trinajstić information content (AvgIpc) is 3.15. The molecule has 3 unspecified atom stereocenters. The van der Waals surface area contributed by atoms with Crippen molar-refractivity contribution in [3.8, 4) is 0 Å². The summed E-state index contributed by atoms with van der Waals surface area (Å²) in [7, 11) is -3.32. The summed E-state index contributed by atoms with van der Waals surface area (Å²) in [5.74, 6) is -0.323. The highest BCUT2D eigenvalue weighted by Crippen LogP contribution is 2.55. The summed E-state index contributed by atoms with van der Waals surface area (Å²) in [4.78, 5) is 11.3. The van der Waals surface area contributed by atoms with Crippen molar-refractivity contribution in [2.45, 2.75) is 63.5 Å². The zero-order valence-electron chi connectivity index (χ0n) is 12.2. The van der Waals surface area contributed by atoms with Gasteiger partial charge in [-0.2, -0.15) is 4.31 Å². The van der Waals surface area contributed by atoms with Crippen LogP contribution in [0.25, 0.3) is 0 Å². The standard InChI is InChI=1S/C15H23NO4S/c17-14(18)12-7-11-1-2-13(12)16(11)21(19,20)9-15-5-3-10(8-15)4-6-15/h10-13H,1-9H2,(H,17,18). The van der Waals surface area contributed by atoms with Gasteiger partial charge in [-0.05, 0) is 62.7 Å². The number of sulfonamides is 1. The highest BCUT2D eigenvalue weighted by Gasteiger charge is 2.56. The summed E-state index contributed by atoms with van der Waals surface area (Å²) >= 11 is 0. The first-order chi connectivity index (χ1) is 9.90. The van der Waals surface area contributed by atoms with Gasteiger partial charge in [-0.3, -0.25) is 4.79 Å². The summed E-state index contributed by atoms with van der Waals surface area (Å²) in [5, 5.41) is 9.29. The van der Waals surface area contributed by atoms with Crippen LogP contribution in [0.2, 0.25) is 0 Å². The predicted octanol–water partition coefficient (Wildman–Crippen LogP) is 1.83. The van der Waals surface area contributed by atoms with Crippen LogP contribution in [0.15, 0.2) is 0 Å². The first-order valence-electron chi connectivity index (χ1n) is 8.14. The molecule has 0 amide bonds. The van der Waals surface area contributed by atoms with Crippen molar-refractivity contribution < 1.29 is 18.3 Å². The second kappa shape index (κ2) is 4.44. The molecule has 118 valence electrons. The number of carboxylic acids is 1. The number of rotatable bonds is 4. The second-order valence-electron chi connectivity index (χ2n) is 7.71. The Bertz CT molecular complexity index is 564. The highest BCUT2D eigenvalue weighted by atomic mass is 32.2. The van der Waals surface area contributed by atoms with Gasteiger partial charge in [-0.15, -0.1) is 0 Å². The molecule has 0 aromatic rings. The molecule has 2 saturated carbocycles. The van der Waals surface area contributed by atoms with E-state index in [9.17, 15) is 18.3 Å². The van der Waals surface area contributed by atoms with Crippen LogP contribution in [0, 0.1) is 17.3 Å². The van der Waals surface area contributed by atoms with Crippen molar-refractivity contribution in [2.75, 3.05) is 5.75 Å². The van der Waals surface area contributed by atoms with Gasteiger partial charge in [0, 0.05) is 12.1 Å². The number of hydrogen-bond acceptors (Lipinski definition) is 3. The Morgan fingerprint density at radius 2 is 1.90 bits per heavy atom. The topological polar surface area (TPSA) is 74.7 Å². The van der Waals surface area contributed by atoms with Crippen molar-refractivity contribution in [3.63, 3.8) is 0 Å². The zero-order valence-corrected chi connectivity index (χ0v) is 13.0. The molecule has 2 heterocycles. The van der Waals surface area contributed by atoms with Gasteiger partial charge in [-0.25, -0.2) is 8.42 Å². The quantitative estimate of drug-likeness (QED) is 0.859. The van der Waals surface area contributed by atoms with Gasteiger partial charge in [0.1, 0.15) is 0 Å². The molecule has 4 rings (SSSR count). The van der Waals surface area contributed by atoms with Gasteiger partial charge >= 0.3 is 5.97 Å². The molecule has 0 spiro atoms. The molecule has 6 heteroatoms. The van der Waals surface area contributed by atoms with Gasteiger partial charge in [-0.1, -0.05) is 0 Å². The van der Waals surface area contributed by atoms with E-state index in [2.05, 4.69) is 0 Å². The van der Waals surface area contributed by atoms with Crippen molar-refractivity contribution in [3.05, 3.63) is 0 Å². The number of carbonyl (C=O) groups is 1. The molecular weight excluding hydrogens is 290 g/mol. The smallest absolute Gasteiger partial charge is 0.308 e. The fourth-order valence-electron chi connectivity index (χ4n) is 5.61. The van der Waals surface area contributed by atoms with Gasteiger partial charge in [0.15, 0.2) is 0 Å². The van der Waals surface area contributed by atoms with Crippen molar-refractivity contribution >= 4 is 16.0 Å². The van der Waals surface area contributed by atoms with E-state index in [1.54, 1.807) is 4.31 Å². The number of hydrogen-bond donors (Lipinski definition) is 1. The lowest BCUT2D eigenvalue weighted by Gasteiger charge is -2.30. The molecule has 3 atom stereocenters. The summed E-state index contributed by atoms with van der Waals surface area (Å²) in [6.07, 6.45) is 7.58. The molecule has 2 saturated heterocycles. The third-order valence-corrected chi connectivity index (χ3v) is 8.68. The van der Waals surface area contributed by atoms with Gasteiger partial charge in [0.25, 0.3) is 0 Å². The van der Waals surface area contributed by atoms with Crippen LogP contribution in [0.5, 0.6) is 0 Å². The normalized spacial score (nSPS) is 45.5. The molecule has 0 radical (unpaired) electrons. The lowest BCUT2D eigenvalue weighted by atomic mass is 9.87. The van der Waals surface area contributed by atoms with Crippen LogP contribution in [0.4, 0.5) is 0 Å². The minimum Gasteiger partial charge on any atom is -0.481 e. The van der Waals surface area contributed by atoms with Gasteiger partial charge < -0.3 is 5.11 Å². The number of fused-ring (bicyclic) bond motifs is 4. The Morgan fingerprint density at radius 3 is 2.43 bits per heavy atom. The maximum atomic E-state index is 12.9. The summed E-state index contributed by atoms with van der Waals surface area (Å²) in [6.45, 7) is 0. The predicted molar refractivity (Wildman–Crippen MR) is 77.2 cm³/mol. The van der Waals surface area contributed by atoms with E-state index < -0.39 is 21.9 Å². The Hall–Kier alpha value is -0.620. The number of nitrogens with zero attached hydrogens (tertiary/aromatic N) is 1. The minimum absolute atomic E-state index is 0.00422. The molecule has 1 N–H and O–H groups in total. The fourth-order valence-corrected chi connectivity index (χ4v) is 8.25. The highest BCUT2D eigenvalue weighted by molar-refractivity contribution is 7.89. The molecule has 2 aliphatic heterocycles. The van der Waals surface area contributed by atoms with E-state index >= 15 is 0 Å². The van der Waals surface area contributed by atoms with Crippen LogP contribution in [0.1, 0.15) is 51.4 Å². The molecule has 0 aromatic carbocycles. The summed E-state index contributed by atoms with van der Waals surface area (Å²) in [6, 6.07) is -0.344. The van der Waals surface area contributed by atoms with Crippen molar-refractivity contribution in [1.29, 1.82) is 0 Å². The van der Waals surface area contributed by atoms with Crippen molar-refractivity contribution in [2.24, 2.45) is 17.3 Å². The SMILES string of the molecule is O=C(O)C1CC2CCC1N2S(=O)(=O)CC12CCC(CC1)C2. The van der Waals surface area contributed by atoms with E-state index in [-0.39, 0.29) is 23.3 Å². The van der Waals surface area contributed by atoms with Crippen LogP contribution < -0.4 is 0 Å². The van der Waals surface area contributed by atoms with Gasteiger partial charge in [0.05, 0.1) is 11.7 Å². The second-order valence-corrected chi connectivity index (χ2v) is 9.59. The van der Waals surface area contributed by atoms with Crippen LogP contribution in [-0.4, -0.2) is 41.6 Å². The largest absolute Gasteiger partial charge is 0.481 e. The van der Waals surface area contributed by atoms with E-state index in [0.717, 1.165) is 38.0 Å². The Kier molecular flexibility index (Phi) is 2.96. The monoisotopic (exact) mass is 313 g/mol. The lowest BCUT2D eigenvalue weighted by molar-refractivity contribution is -0.142. The number of carboxylic acid groups (broad SMARTS) is 1. The molecule has 4 bridgehead atoms. The van der Waals surface area contributed by atoms with Crippen LogP contribution in [-0.2, 0) is 14.8 Å². The van der Waals surface area contributed by atoms with Crippen LogP contribution in [0.3, 0.4) is 0 Å². The van der Waals surface area contributed by atoms with E-state index in [4.69, 9.17) is 0 Å². The van der Waals surface area contributed by atoms with E-state index in [1.807, 2.05) is 0 Å². The Morgan fingerprint density at radius 1 is 1.19 bits per heavy atom. The van der Waals surface area contributed by atoms with Crippen molar-refractivity contribution in [1.82, 2.24) is 4.31 Å². The summed E-state index contributed by atoms with van der Waals surface area (Å²) < 4.78 is 27.5. The lowest BCUT2D eigenvalue weighted by Crippen LogP contribution is -2.42. The molecule has 0 aromatic heterocycles. The Balaban J connectivity index is 1.57. The zero-order chi connectivity index (χ0) is 14.8. The maximum absolute atomic E-state index is 12.9. The van der Waals surface area contributed by atoms with E-state index in [1.165, 1.54) is 12.8 Å². The Labute approximate surface area is 125 Å². The molecule has 4 fully saturated rings. The molecule has 2 aliphatic carbocycles. The molecule has 5 nitrogen and oxygen atoms in total. The average molecular weight is 313 g/mol. The third-order valence-electron chi connectivity index (χ3n) is 6.49. The summed E-state index contributed by atoms with van der Waals surface area (Å²) in [5.41, 5.74) is 0.00422. The number of aliphatic carboxylic acids is 1. The van der Waals surface area contributed by atoms with Crippen LogP contribution >= 0.6 is 0 Å². The van der Waals surface area contributed by atoms with E-state index in [0.29, 0.717) is 6.42 Å². The molecular formula is C15H23NO4S. The first-order valence-corrected chi connectivity index (χ1v) is 9.75. The first kappa shape index (κ1) is 14.0. The molecule has 21 heavy (non-hydrogen) atoms. The fraction of sp³-hybridized carbons (Fsp3) is 0.933. The molecule has 4 aliphatic rings. The maximum Gasteiger partial charge on any atom is 0.308 e.